The van der Waals surface area contributed by atoms with E-state index in [4.69, 9.17) is 4.52 Å². The van der Waals surface area contributed by atoms with Gasteiger partial charge in [-0.25, -0.2) is 0 Å². The van der Waals surface area contributed by atoms with Crippen molar-refractivity contribution in [3.05, 3.63) is 29.6 Å². The molecule has 21 heavy (non-hydrogen) atoms. The predicted octanol–water partition coefficient (Wildman–Crippen LogP) is 2.34. The zero-order chi connectivity index (χ0) is 14.8. The van der Waals surface area contributed by atoms with Gasteiger partial charge >= 0.3 is 0 Å². The van der Waals surface area contributed by atoms with E-state index in [0.29, 0.717) is 5.89 Å². The van der Waals surface area contributed by atoms with Gasteiger partial charge in [-0.1, -0.05) is 11.2 Å². The van der Waals surface area contributed by atoms with Crippen molar-refractivity contribution in [2.24, 2.45) is 0 Å². The van der Waals surface area contributed by atoms with Gasteiger partial charge < -0.3 is 9.84 Å². The molecule has 1 aromatic carbocycles. The van der Waals surface area contributed by atoms with Gasteiger partial charge in [0.15, 0.2) is 5.82 Å². The van der Waals surface area contributed by atoms with Crippen LogP contribution in [0.25, 0.3) is 11.5 Å². The number of rotatable bonds is 3. The van der Waals surface area contributed by atoms with Gasteiger partial charge in [0, 0.05) is 30.1 Å². The van der Waals surface area contributed by atoms with Crippen molar-refractivity contribution in [2.75, 3.05) is 32.9 Å². The molecule has 1 aliphatic heterocycles. The third kappa shape index (κ3) is 2.97. The molecule has 1 fully saturated rings. The van der Waals surface area contributed by atoms with Crippen LogP contribution in [0.3, 0.4) is 0 Å². The molecule has 112 valence electrons. The summed E-state index contributed by atoms with van der Waals surface area (Å²) in [6.07, 6.45) is 2.07. The summed E-state index contributed by atoms with van der Waals surface area (Å²) in [5, 5.41) is 7.56. The number of hydrogen-bond acceptors (Lipinski definition) is 6. The predicted molar refractivity (Wildman–Crippen MR) is 84.5 cm³/mol. The lowest BCUT2D eigenvalue weighted by Crippen LogP contribution is -2.44. The maximum absolute atomic E-state index is 5.51. The van der Waals surface area contributed by atoms with Crippen molar-refractivity contribution in [1.29, 1.82) is 0 Å². The number of likely N-dealkylation sites (N-methyl/N-ethyl adjacent to an activating group) is 1. The van der Waals surface area contributed by atoms with Gasteiger partial charge in [-0.05, 0) is 37.9 Å². The summed E-state index contributed by atoms with van der Waals surface area (Å²) in [6, 6.07) is 6.50. The maximum atomic E-state index is 5.51. The quantitative estimate of drug-likeness (QED) is 0.879. The molecule has 1 unspecified atom stereocenters. The Balaban J connectivity index is 1.91. The molecule has 6 heteroatoms. The highest BCUT2D eigenvalue weighted by Crippen LogP contribution is 2.28. The fourth-order valence-corrected chi connectivity index (χ4v) is 2.97. The lowest BCUT2D eigenvalue weighted by atomic mass is 10.1. The Hall–Kier alpha value is -1.37. The fraction of sp³-hybridized carbons (Fsp3) is 0.467. The number of thioether (sulfide) groups is 1. The smallest absolute Gasteiger partial charge is 0.258 e. The van der Waals surface area contributed by atoms with Gasteiger partial charge in [0.25, 0.3) is 5.89 Å². The standard InChI is InChI=1S/C15H20N4OS/c1-10-4-5-11(21-3)8-12(10)15-17-14(18-20-15)13-9-16-6-7-19(13)2/h4-5,8,13,16H,6-7,9H2,1-3H3. The van der Waals surface area contributed by atoms with Crippen molar-refractivity contribution in [2.45, 2.75) is 17.9 Å². The highest BCUT2D eigenvalue weighted by Gasteiger charge is 2.25. The van der Waals surface area contributed by atoms with Gasteiger partial charge in [-0.3, -0.25) is 4.90 Å². The lowest BCUT2D eigenvalue weighted by molar-refractivity contribution is 0.190. The van der Waals surface area contributed by atoms with E-state index in [2.05, 4.69) is 58.8 Å². The second kappa shape index (κ2) is 6.17. The summed E-state index contributed by atoms with van der Waals surface area (Å²) in [5.74, 6) is 1.37. The van der Waals surface area contributed by atoms with Gasteiger partial charge in [-0.2, -0.15) is 4.98 Å². The van der Waals surface area contributed by atoms with Crippen molar-refractivity contribution < 1.29 is 4.52 Å². The largest absolute Gasteiger partial charge is 0.334 e. The van der Waals surface area contributed by atoms with Crippen LogP contribution in [0.4, 0.5) is 0 Å². The number of aryl methyl sites for hydroxylation is 1. The van der Waals surface area contributed by atoms with E-state index in [-0.39, 0.29) is 6.04 Å². The highest BCUT2D eigenvalue weighted by atomic mass is 32.2. The number of hydrogen-bond donors (Lipinski definition) is 1. The van der Waals surface area contributed by atoms with Crippen LogP contribution in [0.2, 0.25) is 0 Å². The topological polar surface area (TPSA) is 54.2 Å². The first-order valence-corrected chi connectivity index (χ1v) is 8.31. The van der Waals surface area contributed by atoms with Crippen LogP contribution >= 0.6 is 11.8 Å². The van der Waals surface area contributed by atoms with Crippen LogP contribution in [0.5, 0.6) is 0 Å². The van der Waals surface area contributed by atoms with Crippen molar-refractivity contribution >= 4 is 11.8 Å². The van der Waals surface area contributed by atoms with E-state index < -0.39 is 0 Å². The summed E-state index contributed by atoms with van der Waals surface area (Å²) < 4.78 is 5.51. The first kappa shape index (κ1) is 14.6. The molecular weight excluding hydrogens is 284 g/mol. The summed E-state index contributed by atoms with van der Waals surface area (Å²) in [7, 11) is 2.10. The van der Waals surface area contributed by atoms with Crippen molar-refractivity contribution in [3.8, 4) is 11.5 Å². The third-order valence-corrected chi connectivity index (χ3v) is 4.65. The van der Waals surface area contributed by atoms with E-state index in [1.165, 1.54) is 4.90 Å². The lowest BCUT2D eigenvalue weighted by Gasteiger charge is -2.30. The molecule has 1 aliphatic rings. The minimum Gasteiger partial charge on any atom is -0.334 e. The van der Waals surface area contributed by atoms with E-state index in [9.17, 15) is 0 Å². The van der Waals surface area contributed by atoms with E-state index in [0.717, 1.165) is 36.6 Å². The molecule has 0 aliphatic carbocycles. The van der Waals surface area contributed by atoms with Crippen LogP contribution in [0.15, 0.2) is 27.6 Å². The first-order chi connectivity index (χ1) is 10.2. The Bertz CT molecular complexity index is 628. The minimum atomic E-state index is 0.181. The molecule has 0 bridgehead atoms. The Morgan fingerprint density at radius 2 is 2.29 bits per heavy atom. The normalized spacial score (nSPS) is 19.9. The molecule has 3 rings (SSSR count). The Morgan fingerprint density at radius 1 is 1.43 bits per heavy atom. The number of nitrogens with zero attached hydrogens (tertiary/aromatic N) is 3. The summed E-state index contributed by atoms with van der Waals surface area (Å²) in [6.45, 7) is 4.93. The zero-order valence-electron chi connectivity index (χ0n) is 12.6. The van der Waals surface area contributed by atoms with Gasteiger partial charge in [0.05, 0.1) is 6.04 Å². The Kier molecular flexibility index (Phi) is 4.28. The van der Waals surface area contributed by atoms with Crippen LogP contribution in [-0.4, -0.2) is 48.0 Å². The third-order valence-electron chi connectivity index (χ3n) is 3.93. The number of nitrogens with one attached hydrogen (secondary N) is 1. The number of piperazine rings is 1. The van der Waals surface area contributed by atoms with Gasteiger partial charge in [0.1, 0.15) is 0 Å². The fourth-order valence-electron chi connectivity index (χ4n) is 2.53. The Labute approximate surface area is 129 Å². The van der Waals surface area contributed by atoms with Crippen LogP contribution in [0.1, 0.15) is 17.4 Å². The summed E-state index contributed by atoms with van der Waals surface area (Å²) in [5.41, 5.74) is 2.17. The molecule has 5 nitrogen and oxygen atoms in total. The number of benzene rings is 1. The van der Waals surface area contributed by atoms with Gasteiger partial charge in [-0.15, -0.1) is 11.8 Å². The second-order valence-corrected chi connectivity index (χ2v) is 6.22. The molecule has 1 aromatic heterocycles. The van der Waals surface area contributed by atoms with Crippen LogP contribution in [-0.2, 0) is 0 Å². The van der Waals surface area contributed by atoms with Gasteiger partial charge in [0.2, 0.25) is 0 Å². The van der Waals surface area contributed by atoms with E-state index in [1.807, 2.05) is 0 Å². The Morgan fingerprint density at radius 3 is 3.05 bits per heavy atom. The van der Waals surface area contributed by atoms with Crippen LogP contribution in [0, 0.1) is 6.92 Å². The average molecular weight is 304 g/mol. The summed E-state index contributed by atoms with van der Waals surface area (Å²) >= 11 is 1.71. The molecule has 0 spiro atoms. The minimum absolute atomic E-state index is 0.181. The molecular formula is C15H20N4OS. The molecule has 0 radical (unpaired) electrons. The molecule has 1 saturated heterocycles. The molecule has 2 heterocycles. The number of aromatic nitrogens is 2. The molecule has 0 saturated carbocycles. The average Bonchev–Trinajstić information content (AvgIpc) is 2.97. The van der Waals surface area contributed by atoms with E-state index in [1.54, 1.807) is 11.8 Å². The van der Waals surface area contributed by atoms with Crippen molar-refractivity contribution in [3.63, 3.8) is 0 Å². The first-order valence-electron chi connectivity index (χ1n) is 7.08. The maximum Gasteiger partial charge on any atom is 0.258 e. The van der Waals surface area contributed by atoms with Crippen molar-refractivity contribution in [1.82, 2.24) is 20.4 Å². The molecule has 1 atom stereocenters. The second-order valence-electron chi connectivity index (χ2n) is 5.34. The SMILES string of the molecule is CSc1ccc(C)c(-c2nc(C3CNCCN3C)no2)c1. The summed E-state index contributed by atoms with van der Waals surface area (Å²) in [4.78, 5) is 8.08. The molecule has 0 amide bonds. The van der Waals surface area contributed by atoms with Crippen LogP contribution < -0.4 is 5.32 Å². The molecule has 1 N–H and O–H groups in total. The van der Waals surface area contributed by atoms with E-state index >= 15 is 0 Å². The monoisotopic (exact) mass is 304 g/mol. The highest BCUT2D eigenvalue weighted by molar-refractivity contribution is 7.98. The zero-order valence-corrected chi connectivity index (χ0v) is 13.4. The molecule has 2 aromatic rings.